The van der Waals surface area contributed by atoms with E-state index in [2.05, 4.69) is 19.2 Å². The smallest absolute Gasteiger partial charge is 0.220 e. The molecular formula is C11H20ClNO. The summed E-state index contributed by atoms with van der Waals surface area (Å²) in [7, 11) is 0. The first-order valence-electron chi connectivity index (χ1n) is 5.48. The lowest BCUT2D eigenvalue weighted by molar-refractivity contribution is -0.121. The predicted molar refractivity (Wildman–Crippen MR) is 59.4 cm³/mol. The summed E-state index contributed by atoms with van der Waals surface area (Å²) in [5, 5.41) is 2.97. The van der Waals surface area contributed by atoms with E-state index in [1.165, 1.54) is 12.8 Å². The van der Waals surface area contributed by atoms with Crippen molar-refractivity contribution in [2.75, 3.05) is 6.54 Å². The molecular weight excluding hydrogens is 198 g/mol. The SMILES string of the molecule is CC(C)CC(Cl)CNC(=O)CC1CC1. The number of alkyl halides is 1. The van der Waals surface area contributed by atoms with E-state index in [1.54, 1.807) is 0 Å². The zero-order chi connectivity index (χ0) is 10.6. The van der Waals surface area contributed by atoms with E-state index in [9.17, 15) is 4.79 Å². The molecule has 0 spiro atoms. The molecule has 1 amide bonds. The molecule has 1 N–H and O–H groups in total. The van der Waals surface area contributed by atoms with Crippen LogP contribution in [0.15, 0.2) is 0 Å². The summed E-state index contributed by atoms with van der Waals surface area (Å²) in [4.78, 5) is 11.3. The van der Waals surface area contributed by atoms with Crippen LogP contribution in [0, 0.1) is 11.8 Å². The van der Waals surface area contributed by atoms with E-state index in [0.717, 1.165) is 6.42 Å². The number of carbonyl (C=O) groups excluding carboxylic acids is 1. The third-order valence-electron chi connectivity index (χ3n) is 2.42. The van der Waals surface area contributed by atoms with Crippen molar-refractivity contribution >= 4 is 17.5 Å². The van der Waals surface area contributed by atoms with Gasteiger partial charge in [0.15, 0.2) is 0 Å². The van der Waals surface area contributed by atoms with Crippen LogP contribution in [0.1, 0.15) is 39.5 Å². The third kappa shape index (κ3) is 5.48. The third-order valence-corrected chi connectivity index (χ3v) is 2.75. The fourth-order valence-corrected chi connectivity index (χ4v) is 1.91. The quantitative estimate of drug-likeness (QED) is 0.681. The molecule has 82 valence electrons. The fourth-order valence-electron chi connectivity index (χ4n) is 1.48. The summed E-state index contributed by atoms with van der Waals surface area (Å²) in [6, 6.07) is 0. The van der Waals surface area contributed by atoms with Gasteiger partial charge < -0.3 is 5.32 Å². The van der Waals surface area contributed by atoms with Gasteiger partial charge in [-0.25, -0.2) is 0 Å². The highest BCUT2D eigenvalue weighted by Crippen LogP contribution is 2.32. The van der Waals surface area contributed by atoms with Crippen molar-refractivity contribution in [3.8, 4) is 0 Å². The number of hydrogen-bond acceptors (Lipinski definition) is 1. The molecule has 1 rings (SSSR count). The van der Waals surface area contributed by atoms with Crippen LogP contribution >= 0.6 is 11.6 Å². The van der Waals surface area contributed by atoms with Gasteiger partial charge in [-0.1, -0.05) is 13.8 Å². The first-order chi connectivity index (χ1) is 6.58. The van der Waals surface area contributed by atoms with E-state index in [0.29, 0.717) is 24.8 Å². The topological polar surface area (TPSA) is 29.1 Å². The molecule has 0 aromatic carbocycles. The summed E-state index contributed by atoms with van der Waals surface area (Å²) in [6.07, 6.45) is 4.12. The molecule has 1 fully saturated rings. The van der Waals surface area contributed by atoms with Crippen LogP contribution in [-0.2, 0) is 4.79 Å². The molecule has 1 aliphatic carbocycles. The largest absolute Gasteiger partial charge is 0.355 e. The van der Waals surface area contributed by atoms with Gasteiger partial charge in [-0.2, -0.15) is 0 Å². The minimum atomic E-state index is 0.0816. The summed E-state index contributed by atoms with van der Waals surface area (Å²) >= 11 is 6.06. The zero-order valence-corrected chi connectivity index (χ0v) is 9.81. The first-order valence-corrected chi connectivity index (χ1v) is 5.92. The van der Waals surface area contributed by atoms with Gasteiger partial charge in [0.1, 0.15) is 0 Å². The van der Waals surface area contributed by atoms with Gasteiger partial charge in [0.25, 0.3) is 0 Å². The molecule has 1 aliphatic rings. The average Bonchev–Trinajstić information content (AvgIpc) is 2.83. The Labute approximate surface area is 91.4 Å². The summed E-state index contributed by atoms with van der Waals surface area (Å²) in [5.41, 5.74) is 0. The van der Waals surface area contributed by atoms with Gasteiger partial charge in [-0.05, 0) is 31.1 Å². The van der Waals surface area contributed by atoms with Gasteiger partial charge in [-0.15, -0.1) is 11.6 Å². The van der Waals surface area contributed by atoms with Crippen molar-refractivity contribution in [3.63, 3.8) is 0 Å². The highest BCUT2D eigenvalue weighted by Gasteiger charge is 2.24. The molecule has 0 aliphatic heterocycles. The van der Waals surface area contributed by atoms with Crippen LogP contribution in [0.25, 0.3) is 0 Å². The van der Waals surface area contributed by atoms with Crippen LogP contribution in [-0.4, -0.2) is 17.8 Å². The van der Waals surface area contributed by atoms with Crippen molar-refractivity contribution in [3.05, 3.63) is 0 Å². The molecule has 14 heavy (non-hydrogen) atoms. The van der Waals surface area contributed by atoms with Gasteiger partial charge >= 0.3 is 0 Å². The van der Waals surface area contributed by atoms with Gasteiger partial charge in [0, 0.05) is 13.0 Å². The minimum absolute atomic E-state index is 0.0816. The Kier molecular flexibility index (Phi) is 4.73. The van der Waals surface area contributed by atoms with Crippen LogP contribution in [0.4, 0.5) is 0 Å². The molecule has 1 unspecified atom stereocenters. The monoisotopic (exact) mass is 217 g/mol. The highest BCUT2D eigenvalue weighted by molar-refractivity contribution is 6.20. The van der Waals surface area contributed by atoms with E-state index >= 15 is 0 Å². The van der Waals surface area contributed by atoms with Crippen molar-refractivity contribution in [2.24, 2.45) is 11.8 Å². The Morgan fingerprint density at radius 2 is 2.14 bits per heavy atom. The highest BCUT2D eigenvalue weighted by atomic mass is 35.5. The second-order valence-corrected chi connectivity index (χ2v) is 5.30. The predicted octanol–water partition coefficient (Wildman–Crippen LogP) is 2.56. The molecule has 0 aromatic heterocycles. The standard InChI is InChI=1S/C11H20ClNO/c1-8(2)5-10(12)7-13-11(14)6-9-3-4-9/h8-10H,3-7H2,1-2H3,(H,13,14). The van der Waals surface area contributed by atoms with Crippen molar-refractivity contribution < 1.29 is 4.79 Å². The maximum atomic E-state index is 11.3. The van der Waals surface area contributed by atoms with Gasteiger partial charge in [0.2, 0.25) is 5.91 Å². The molecule has 3 heteroatoms. The Balaban J connectivity index is 2.02. The number of halogens is 1. The van der Waals surface area contributed by atoms with Gasteiger partial charge in [0.05, 0.1) is 5.38 Å². The Morgan fingerprint density at radius 3 is 2.64 bits per heavy atom. The molecule has 1 saturated carbocycles. The van der Waals surface area contributed by atoms with Gasteiger partial charge in [-0.3, -0.25) is 4.79 Å². The van der Waals surface area contributed by atoms with Crippen molar-refractivity contribution in [2.45, 2.75) is 44.9 Å². The molecule has 0 bridgehead atoms. The molecule has 2 nitrogen and oxygen atoms in total. The summed E-state index contributed by atoms with van der Waals surface area (Å²) < 4.78 is 0. The first kappa shape index (κ1) is 11.8. The zero-order valence-electron chi connectivity index (χ0n) is 9.05. The summed E-state index contributed by atoms with van der Waals surface area (Å²) in [6.45, 7) is 4.90. The fraction of sp³-hybridized carbons (Fsp3) is 0.909. The lowest BCUT2D eigenvalue weighted by atomic mass is 10.1. The number of carbonyl (C=O) groups is 1. The van der Waals surface area contributed by atoms with Crippen LogP contribution in [0.2, 0.25) is 0 Å². The summed E-state index contributed by atoms with van der Waals surface area (Å²) in [5.74, 6) is 1.42. The Morgan fingerprint density at radius 1 is 1.50 bits per heavy atom. The Hall–Kier alpha value is -0.240. The number of rotatable bonds is 6. The Bertz CT molecular complexity index is 190. The molecule has 0 radical (unpaired) electrons. The van der Waals surface area contributed by atoms with Crippen molar-refractivity contribution in [1.82, 2.24) is 5.32 Å². The minimum Gasteiger partial charge on any atom is -0.355 e. The van der Waals surface area contributed by atoms with E-state index in [-0.39, 0.29) is 11.3 Å². The molecule has 0 saturated heterocycles. The lowest BCUT2D eigenvalue weighted by Crippen LogP contribution is -2.30. The number of hydrogen-bond donors (Lipinski definition) is 1. The van der Waals surface area contributed by atoms with Crippen LogP contribution in [0.5, 0.6) is 0 Å². The van der Waals surface area contributed by atoms with Crippen molar-refractivity contribution in [1.29, 1.82) is 0 Å². The van der Waals surface area contributed by atoms with Crippen LogP contribution in [0.3, 0.4) is 0 Å². The average molecular weight is 218 g/mol. The van der Waals surface area contributed by atoms with E-state index in [1.807, 2.05) is 0 Å². The van der Waals surface area contributed by atoms with E-state index in [4.69, 9.17) is 11.6 Å². The van der Waals surface area contributed by atoms with Crippen LogP contribution < -0.4 is 5.32 Å². The second-order valence-electron chi connectivity index (χ2n) is 4.68. The maximum absolute atomic E-state index is 11.3. The number of amides is 1. The normalized spacial score (nSPS) is 18.3. The van der Waals surface area contributed by atoms with E-state index < -0.39 is 0 Å². The molecule has 0 heterocycles. The second kappa shape index (κ2) is 5.59. The molecule has 0 aromatic rings. The lowest BCUT2D eigenvalue weighted by Gasteiger charge is -2.12. The number of nitrogens with one attached hydrogen (secondary N) is 1. The molecule has 1 atom stereocenters. The maximum Gasteiger partial charge on any atom is 0.220 e.